The lowest BCUT2D eigenvalue weighted by atomic mass is 10.0. The molecule has 2 aliphatic heterocycles. The molecule has 120 valence electrons. The molecule has 2 heterocycles. The molecule has 2 aromatic carbocycles. The Balaban J connectivity index is 1.75. The van der Waals surface area contributed by atoms with Crippen LogP contribution in [-0.4, -0.2) is 17.5 Å². The van der Waals surface area contributed by atoms with E-state index in [1.54, 1.807) is 48.6 Å². The summed E-state index contributed by atoms with van der Waals surface area (Å²) in [4.78, 5) is 23.9. The second-order valence-electron chi connectivity index (χ2n) is 5.44. The SMILES string of the molecule is CC(=O)Oc1cc2c(cc1Br)C=CC1(O2)Oc2ccccc2C1=O. The van der Waals surface area contributed by atoms with Crippen molar-refractivity contribution in [1.82, 2.24) is 0 Å². The van der Waals surface area contributed by atoms with Gasteiger partial charge in [-0.15, -0.1) is 0 Å². The van der Waals surface area contributed by atoms with Crippen LogP contribution in [0, 0.1) is 0 Å². The summed E-state index contributed by atoms with van der Waals surface area (Å²) < 4.78 is 17.4. The van der Waals surface area contributed by atoms with E-state index in [4.69, 9.17) is 14.2 Å². The molecule has 1 unspecified atom stereocenters. The van der Waals surface area contributed by atoms with E-state index in [1.807, 2.05) is 0 Å². The van der Waals surface area contributed by atoms with Crippen LogP contribution in [0.2, 0.25) is 0 Å². The van der Waals surface area contributed by atoms with Crippen LogP contribution >= 0.6 is 15.9 Å². The third kappa shape index (κ3) is 2.22. The van der Waals surface area contributed by atoms with E-state index < -0.39 is 11.8 Å². The van der Waals surface area contributed by atoms with Crippen molar-refractivity contribution in [3.05, 3.63) is 58.1 Å². The lowest BCUT2D eigenvalue weighted by Gasteiger charge is -2.29. The van der Waals surface area contributed by atoms with Crippen molar-refractivity contribution in [3.8, 4) is 17.2 Å². The molecular formula is C18H11BrO5. The molecule has 0 saturated carbocycles. The number of Topliss-reactive ketones (excluding diaryl/α,β-unsaturated/α-hetero) is 1. The minimum Gasteiger partial charge on any atom is -0.441 e. The summed E-state index contributed by atoms with van der Waals surface area (Å²) in [7, 11) is 0. The van der Waals surface area contributed by atoms with Crippen LogP contribution in [0.1, 0.15) is 22.8 Å². The summed E-state index contributed by atoms with van der Waals surface area (Å²) in [6.45, 7) is 1.31. The van der Waals surface area contributed by atoms with Gasteiger partial charge in [-0.25, -0.2) is 0 Å². The summed E-state index contributed by atoms with van der Waals surface area (Å²) in [5, 5.41) is 0. The first-order chi connectivity index (χ1) is 11.5. The van der Waals surface area contributed by atoms with Gasteiger partial charge >= 0.3 is 11.8 Å². The Morgan fingerprint density at radius 1 is 1.17 bits per heavy atom. The van der Waals surface area contributed by atoms with Crippen LogP contribution < -0.4 is 14.2 Å². The van der Waals surface area contributed by atoms with Crippen LogP contribution in [-0.2, 0) is 4.79 Å². The molecule has 1 atom stereocenters. The van der Waals surface area contributed by atoms with Crippen molar-refractivity contribution in [2.45, 2.75) is 12.7 Å². The summed E-state index contributed by atoms with van der Waals surface area (Å²) in [6.07, 6.45) is 3.35. The highest BCUT2D eigenvalue weighted by molar-refractivity contribution is 9.10. The number of esters is 1. The molecule has 0 aromatic heterocycles. The quantitative estimate of drug-likeness (QED) is 0.551. The number of ether oxygens (including phenoxy) is 3. The van der Waals surface area contributed by atoms with E-state index in [1.165, 1.54) is 6.92 Å². The second-order valence-corrected chi connectivity index (χ2v) is 6.30. The maximum absolute atomic E-state index is 12.7. The Bertz CT molecular complexity index is 918. The van der Waals surface area contributed by atoms with Gasteiger partial charge in [-0.3, -0.25) is 9.59 Å². The molecule has 1 spiro atoms. The van der Waals surface area contributed by atoms with Gasteiger partial charge in [0.05, 0.1) is 10.0 Å². The van der Waals surface area contributed by atoms with Crippen molar-refractivity contribution < 1.29 is 23.8 Å². The molecule has 0 saturated heterocycles. The fraction of sp³-hybridized carbons (Fsp3) is 0.111. The number of benzene rings is 2. The molecule has 2 aliphatic rings. The maximum atomic E-state index is 12.7. The van der Waals surface area contributed by atoms with Crippen LogP contribution in [0.4, 0.5) is 0 Å². The number of carbonyl (C=O) groups excluding carboxylic acids is 2. The zero-order valence-electron chi connectivity index (χ0n) is 12.5. The average Bonchev–Trinajstić information content (AvgIpc) is 2.81. The van der Waals surface area contributed by atoms with Crippen molar-refractivity contribution in [3.63, 3.8) is 0 Å². The number of halogens is 1. The summed E-state index contributed by atoms with van der Waals surface area (Å²) in [5.41, 5.74) is 1.22. The van der Waals surface area contributed by atoms with E-state index in [9.17, 15) is 9.59 Å². The Labute approximate surface area is 146 Å². The van der Waals surface area contributed by atoms with Crippen LogP contribution in [0.25, 0.3) is 6.08 Å². The van der Waals surface area contributed by atoms with Gasteiger partial charge < -0.3 is 14.2 Å². The van der Waals surface area contributed by atoms with Crippen molar-refractivity contribution in [1.29, 1.82) is 0 Å². The van der Waals surface area contributed by atoms with Crippen molar-refractivity contribution in [2.75, 3.05) is 0 Å². The topological polar surface area (TPSA) is 61.8 Å². The standard InChI is InChI=1S/C18H11BrO5/c1-10(20)22-16-9-15-11(8-13(16)19)6-7-18(24-15)17(21)12-4-2-3-5-14(12)23-18/h2-9H,1H3. The highest BCUT2D eigenvalue weighted by Gasteiger charge is 2.50. The molecule has 0 N–H and O–H groups in total. The van der Waals surface area contributed by atoms with Gasteiger partial charge in [-0.1, -0.05) is 12.1 Å². The van der Waals surface area contributed by atoms with E-state index in [0.717, 1.165) is 5.56 Å². The molecule has 5 nitrogen and oxygen atoms in total. The highest BCUT2D eigenvalue weighted by Crippen LogP contribution is 2.43. The third-order valence-electron chi connectivity index (χ3n) is 3.77. The van der Waals surface area contributed by atoms with Crippen molar-refractivity contribution >= 4 is 33.8 Å². The fourth-order valence-electron chi connectivity index (χ4n) is 2.72. The summed E-state index contributed by atoms with van der Waals surface area (Å²) in [5.74, 6) is -1.03. The minimum atomic E-state index is -1.52. The second kappa shape index (κ2) is 5.21. The maximum Gasteiger partial charge on any atom is 0.337 e. The smallest absolute Gasteiger partial charge is 0.337 e. The Kier molecular flexibility index (Phi) is 3.25. The van der Waals surface area contributed by atoms with Gasteiger partial charge in [0.2, 0.25) is 0 Å². The van der Waals surface area contributed by atoms with Crippen LogP contribution in [0.5, 0.6) is 17.2 Å². The molecule has 4 rings (SSSR count). The monoisotopic (exact) mass is 386 g/mol. The van der Waals surface area contributed by atoms with Gasteiger partial charge in [-0.2, -0.15) is 0 Å². The molecule has 24 heavy (non-hydrogen) atoms. The van der Waals surface area contributed by atoms with E-state index in [-0.39, 0.29) is 5.78 Å². The van der Waals surface area contributed by atoms with E-state index in [0.29, 0.717) is 27.3 Å². The molecule has 0 radical (unpaired) electrons. The lowest BCUT2D eigenvalue weighted by molar-refractivity contribution is -0.131. The number of para-hydroxylation sites is 1. The minimum absolute atomic E-state index is 0.267. The molecular weight excluding hydrogens is 376 g/mol. The lowest BCUT2D eigenvalue weighted by Crippen LogP contribution is -2.45. The Morgan fingerprint density at radius 3 is 2.67 bits per heavy atom. The zero-order valence-corrected chi connectivity index (χ0v) is 14.1. The van der Waals surface area contributed by atoms with Gasteiger partial charge in [0.15, 0.2) is 0 Å². The fourth-order valence-corrected chi connectivity index (χ4v) is 3.16. The van der Waals surface area contributed by atoms with Gasteiger partial charge in [0.25, 0.3) is 5.78 Å². The molecule has 2 aromatic rings. The van der Waals surface area contributed by atoms with Crippen LogP contribution in [0.3, 0.4) is 0 Å². The summed E-state index contributed by atoms with van der Waals surface area (Å²) in [6, 6.07) is 10.3. The van der Waals surface area contributed by atoms with E-state index >= 15 is 0 Å². The molecule has 0 aliphatic carbocycles. The number of carbonyl (C=O) groups is 2. The zero-order chi connectivity index (χ0) is 16.9. The van der Waals surface area contributed by atoms with Crippen LogP contribution in [0.15, 0.2) is 46.9 Å². The normalized spacial score (nSPS) is 20.2. The average molecular weight is 387 g/mol. The first-order valence-corrected chi connectivity index (χ1v) is 8.01. The Hall–Kier alpha value is -2.60. The molecule has 0 amide bonds. The van der Waals surface area contributed by atoms with Gasteiger partial charge in [-0.05, 0) is 40.2 Å². The third-order valence-corrected chi connectivity index (χ3v) is 4.39. The number of hydrogen-bond donors (Lipinski definition) is 0. The van der Waals surface area contributed by atoms with Gasteiger partial charge in [0.1, 0.15) is 17.2 Å². The summed E-state index contributed by atoms with van der Waals surface area (Å²) >= 11 is 3.35. The predicted molar refractivity (Wildman–Crippen MR) is 89.2 cm³/mol. The molecule has 0 fully saturated rings. The number of ketones is 1. The van der Waals surface area contributed by atoms with Gasteiger partial charge in [0, 0.05) is 24.6 Å². The molecule has 0 bridgehead atoms. The first-order valence-electron chi connectivity index (χ1n) is 7.21. The highest BCUT2D eigenvalue weighted by atomic mass is 79.9. The number of fused-ring (bicyclic) bond motifs is 2. The Morgan fingerprint density at radius 2 is 1.92 bits per heavy atom. The molecule has 6 heteroatoms. The predicted octanol–water partition coefficient (Wildman–Crippen LogP) is 3.75. The van der Waals surface area contributed by atoms with Crippen molar-refractivity contribution in [2.24, 2.45) is 0 Å². The number of hydrogen-bond acceptors (Lipinski definition) is 5. The number of rotatable bonds is 1. The largest absolute Gasteiger partial charge is 0.441 e. The van der Waals surface area contributed by atoms with E-state index in [2.05, 4.69) is 15.9 Å². The first kappa shape index (κ1) is 15.0.